The highest BCUT2D eigenvalue weighted by atomic mass is 19.1. The summed E-state index contributed by atoms with van der Waals surface area (Å²) in [7, 11) is 0. The third-order valence-corrected chi connectivity index (χ3v) is 3.84. The molecule has 0 amide bonds. The highest BCUT2D eigenvalue weighted by molar-refractivity contribution is 5.35. The standard InChI is InChI=1S/C16H17FN2/c1-11(12-6-8-18-9-7-12)19-16-5-2-13-10-14(17)3-4-15(13)16/h3-4,6-11,16,19H,2,5H2,1H3/t11-,16?/m0/s1. The largest absolute Gasteiger partial charge is 0.303 e. The molecule has 2 atom stereocenters. The molecule has 0 spiro atoms. The maximum absolute atomic E-state index is 13.2. The second-order valence-corrected chi connectivity index (χ2v) is 5.10. The Morgan fingerprint density at radius 1 is 1.26 bits per heavy atom. The Morgan fingerprint density at radius 2 is 2.05 bits per heavy atom. The predicted octanol–water partition coefficient (Wildman–Crippen LogP) is 3.56. The minimum absolute atomic E-state index is 0.137. The number of nitrogens with zero attached hydrogens (tertiary/aromatic N) is 1. The van der Waals surface area contributed by atoms with Gasteiger partial charge in [-0.15, -0.1) is 0 Å². The number of pyridine rings is 1. The number of halogens is 1. The summed E-state index contributed by atoms with van der Waals surface area (Å²) in [5.41, 5.74) is 3.60. The fraction of sp³-hybridized carbons (Fsp3) is 0.312. The number of aryl methyl sites for hydroxylation is 1. The van der Waals surface area contributed by atoms with Crippen LogP contribution in [0.5, 0.6) is 0 Å². The first-order valence-corrected chi connectivity index (χ1v) is 6.68. The van der Waals surface area contributed by atoms with Crippen molar-refractivity contribution in [2.45, 2.75) is 31.8 Å². The lowest BCUT2D eigenvalue weighted by Crippen LogP contribution is -2.23. The summed E-state index contributed by atoms with van der Waals surface area (Å²) in [5.74, 6) is -0.137. The molecule has 3 heteroatoms. The van der Waals surface area contributed by atoms with E-state index in [0.717, 1.165) is 18.4 Å². The van der Waals surface area contributed by atoms with Gasteiger partial charge in [-0.3, -0.25) is 4.98 Å². The molecule has 1 aromatic carbocycles. The minimum Gasteiger partial charge on any atom is -0.303 e. The van der Waals surface area contributed by atoms with Gasteiger partial charge < -0.3 is 5.32 Å². The Hall–Kier alpha value is -1.74. The number of nitrogens with one attached hydrogen (secondary N) is 1. The lowest BCUT2D eigenvalue weighted by molar-refractivity contribution is 0.464. The van der Waals surface area contributed by atoms with Crippen LogP contribution in [0.4, 0.5) is 4.39 Å². The molecule has 1 aliphatic carbocycles. The van der Waals surface area contributed by atoms with E-state index in [1.165, 1.54) is 11.1 Å². The summed E-state index contributed by atoms with van der Waals surface area (Å²) in [6.07, 6.45) is 5.61. The molecule has 1 N–H and O–H groups in total. The Morgan fingerprint density at radius 3 is 2.84 bits per heavy atom. The van der Waals surface area contributed by atoms with Gasteiger partial charge in [-0.2, -0.15) is 0 Å². The van der Waals surface area contributed by atoms with E-state index >= 15 is 0 Å². The molecule has 0 aliphatic heterocycles. The highest BCUT2D eigenvalue weighted by Crippen LogP contribution is 2.33. The Labute approximate surface area is 112 Å². The normalized spacial score (nSPS) is 19.2. The molecule has 1 unspecified atom stereocenters. The molecular weight excluding hydrogens is 239 g/mol. The summed E-state index contributed by atoms with van der Waals surface area (Å²) in [4.78, 5) is 4.04. The van der Waals surface area contributed by atoms with Crippen molar-refractivity contribution >= 4 is 0 Å². The van der Waals surface area contributed by atoms with Gasteiger partial charge in [-0.25, -0.2) is 4.39 Å². The minimum atomic E-state index is -0.137. The molecule has 0 radical (unpaired) electrons. The van der Waals surface area contributed by atoms with Crippen molar-refractivity contribution in [1.29, 1.82) is 0 Å². The molecule has 0 saturated carbocycles. The van der Waals surface area contributed by atoms with Gasteiger partial charge in [-0.05, 0) is 60.7 Å². The second-order valence-electron chi connectivity index (χ2n) is 5.10. The lowest BCUT2D eigenvalue weighted by Gasteiger charge is -2.20. The number of hydrogen-bond donors (Lipinski definition) is 1. The molecule has 3 rings (SSSR count). The monoisotopic (exact) mass is 256 g/mol. The molecule has 1 heterocycles. The van der Waals surface area contributed by atoms with Crippen molar-refractivity contribution in [3.8, 4) is 0 Å². The first kappa shape index (κ1) is 12.3. The van der Waals surface area contributed by atoms with E-state index in [1.54, 1.807) is 12.1 Å². The number of benzene rings is 1. The zero-order chi connectivity index (χ0) is 13.2. The SMILES string of the molecule is C[C@H](NC1CCc2cc(F)ccc21)c1ccncc1. The third-order valence-electron chi connectivity index (χ3n) is 3.84. The summed E-state index contributed by atoms with van der Waals surface area (Å²) in [6, 6.07) is 9.76. The van der Waals surface area contributed by atoms with Crippen LogP contribution in [-0.2, 0) is 6.42 Å². The fourth-order valence-electron chi connectivity index (χ4n) is 2.81. The summed E-state index contributed by atoms with van der Waals surface area (Å²) < 4.78 is 13.2. The molecule has 0 bridgehead atoms. The van der Waals surface area contributed by atoms with Gasteiger partial charge in [0.15, 0.2) is 0 Å². The molecule has 0 saturated heterocycles. The van der Waals surface area contributed by atoms with Crippen molar-refractivity contribution in [3.05, 3.63) is 65.2 Å². The molecule has 0 fully saturated rings. The number of fused-ring (bicyclic) bond motifs is 1. The van der Waals surface area contributed by atoms with E-state index in [9.17, 15) is 4.39 Å². The molecule has 2 nitrogen and oxygen atoms in total. The van der Waals surface area contributed by atoms with Gasteiger partial charge in [0, 0.05) is 24.5 Å². The van der Waals surface area contributed by atoms with Gasteiger partial charge in [-0.1, -0.05) is 6.07 Å². The first-order chi connectivity index (χ1) is 9.24. The van der Waals surface area contributed by atoms with E-state index in [1.807, 2.05) is 30.6 Å². The predicted molar refractivity (Wildman–Crippen MR) is 73.2 cm³/mol. The van der Waals surface area contributed by atoms with E-state index < -0.39 is 0 Å². The third kappa shape index (κ3) is 2.51. The fourth-order valence-corrected chi connectivity index (χ4v) is 2.81. The van der Waals surface area contributed by atoms with Gasteiger partial charge in [0.25, 0.3) is 0 Å². The average Bonchev–Trinajstić information content (AvgIpc) is 2.82. The molecule has 1 aliphatic rings. The van der Waals surface area contributed by atoms with Crippen molar-refractivity contribution < 1.29 is 4.39 Å². The van der Waals surface area contributed by atoms with Crippen molar-refractivity contribution in [2.75, 3.05) is 0 Å². The summed E-state index contributed by atoms with van der Waals surface area (Å²) >= 11 is 0. The molecule has 19 heavy (non-hydrogen) atoms. The Kier molecular flexibility index (Phi) is 3.30. The quantitative estimate of drug-likeness (QED) is 0.908. The van der Waals surface area contributed by atoms with Gasteiger partial charge in [0.05, 0.1) is 0 Å². The number of rotatable bonds is 3. The lowest BCUT2D eigenvalue weighted by atomic mass is 10.1. The van der Waals surface area contributed by atoms with Crippen LogP contribution in [0.25, 0.3) is 0 Å². The van der Waals surface area contributed by atoms with Crippen LogP contribution in [0.15, 0.2) is 42.7 Å². The number of aromatic nitrogens is 1. The van der Waals surface area contributed by atoms with Gasteiger partial charge in [0.1, 0.15) is 5.82 Å². The average molecular weight is 256 g/mol. The second kappa shape index (κ2) is 5.10. The smallest absolute Gasteiger partial charge is 0.123 e. The molecule has 98 valence electrons. The Bertz CT molecular complexity index is 568. The van der Waals surface area contributed by atoms with Crippen LogP contribution in [0.2, 0.25) is 0 Å². The Balaban J connectivity index is 1.76. The maximum atomic E-state index is 13.2. The van der Waals surface area contributed by atoms with Gasteiger partial charge in [0.2, 0.25) is 0 Å². The van der Waals surface area contributed by atoms with Gasteiger partial charge >= 0.3 is 0 Å². The first-order valence-electron chi connectivity index (χ1n) is 6.68. The van der Waals surface area contributed by atoms with Crippen LogP contribution >= 0.6 is 0 Å². The van der Waals surface area contributed by atoms with Crippen LogP contribution in [0.3, 0.4) is 0 Å². The number of hydrogen-bond acceptors (Lipinski definition) is 2. The van der Waals surface area contributed by atoms with Crippen molar-refractivity contribution in [1.82, 2.24) is 10.3 Å². The van der Waals surface area contributed by atoms with Crippen LogP contribution in [0.1, 0.15) is 42.1 Å². The van der Waals surface area contributed by atoms with Crippen molar-refractivity contribution in [3.63, 3.8) is 0 Å². The molecule has 1 aromatic heterocycles. The summed E-state index contributed by atoms with van der Waals surface area (Å²) in [6.45, 7) is 2.15. The molecular formula is C16H17FN2. The van der Waals surface area contributed by atoms with E-state index in [0.29, 0.717) is 6.04 Å². The van der Waals surface area contributed by atoms with Crippen LogP contribution in [0, 0.1) is 5.82 Å². The van der Waals surface area contributed by atoms with E-state index in [2.05, 4.69) is 17.2 Å². The van der Waals surface area contributed by atoms with E-state index in [-0.39, 0.29) is 11.9 Å². The topological polar surface area (TPSA) is 24.9 Å². The van der Waals surface area contributed by atoms with E-state index in [4.69, 9.17) is 0 Å². The molecule has 2 aromatic rings. The van der Waals surface area contributed by atoms with Crippen LogP contribution < -0.4 is 5.32 Å². The summed E-state index contributed by atoms with van der Waals surface area (Å²) in [5, 5.41) is 3.62. The zero-order valence-electron chi connectivity index (χ0n) is 10.9. The maximum Gasteiger partial charge on any atom is 0.123 e. The van der Waals surface area contributed by atoms with Crippen LogP contribution in [-0.4, -0.2) is 4.98 Å². The van der Waals surface area contributed by atoms with Crippen molar-refractivity contribution in [2.24, 2.45) is 0 Å². The highest BCUT2D eigenvalue weighted by Gasteiger charge is 2.24. The zero-order valence-corrected chi connectivity index (χ0v) is 10.9.